The highest BCUT2D eigenvalue weighted by Crippen LogP contribution is 2.34. The largest absolute Gasteiger partial charge is 0.422 e. The molecule has 14 heteroatoms. The van der Waals surface area contributed by atoms with Crippen LogP contribution in [0.2, 0.25) is 0 Å². The highest BCUT2D eigenvalue weighted by molar-refractivity contribution is 7.89. The van der Waals surface area contributed by atoms with Crippen LogP contribution in [0, 0.1) is 12.7 Å². The van der Waals surface area contributed by atoms with Crippen molar-refractivity contribution in [2.75, 3.05) is 65.9 Å². The van der Waals surface area contributed by atoms with Crippen molar-refractivity contribution in [2.45, 2.75) is 30.8 Å². The lowest BCUT2D eigenvalue weighted by Gasteiger charge is -2.41. The van der Waals surface area contributed by atoms with Gasteiger partial charge in [0.1, 0.15) is 10.5 Å². The van der Waals surface area contributed by atoms with Gasteiger partial charge in [-0.3, -0.25) is 14.5 Å². The first-order valence-corrected chi connectivity index (χ1v) is 15.6. The zero-order valence-electron chi connectivity index (χ0n) is 25.3. The smallest absolute Gasteiger partial charge is 0.341 e. The SMILES string of the molecule is COCC1CN(c2ccc3c4c(c(=O)oc3c2C)CN(C(=O)c2ccc(C(N)=O)c(S(=O)(=O)N(C)C)c2F)CC4)CCN1C. The molecule has 1 saturated heterocycles. The van der Waals surface area contributed by atoms with E-state index in [-0.39, 0.29) is 24.7 Å². The number of aryl methyl sites for hydroxylation is 1. The number of ether oxygens (including phenoxy) is 1. The molecule has 2 aliphatic rings. The minimum atomic E-state index is -4.46. The zero-order valence-corrected chi connectivity index (χ0v) is 26.2. The van der Waals surface area contributed by atoms with Crippen molar-refractivity contribution in [3.8, 4) is 0 Å². The minimum Gasteiger partial charge on any atom is -0.422 e. The Hall–Kier alpha value is -3.85. The lowest BCUT2D eigenvalue weighted by Crippen LogP contribution is -2.53. The van der Waals surface area contributed by atoms with Crippen LogP contribution in [0.25, 0.3) is 11.0 Å². The van der Waals surface area contributed by atoms with E-state index in [2.05, 4.69) is 16.8 Å². The van der Waals surface area contributed by atoms with Crippen LogP contribution in [0.5, 0.6) is 0 Å². The molecule has 1 atom stereocenters. The average molecular weight is 630 g/mol. The molecule has 236 valence electrons. The van der Waals surface area contributed by atoms with Crippen LogP contribution < -0.4 is 16.3 Å². The number of halogens is 1. The Morgan fingerprint density at radius 3 is 2.48 bits per heavy atom. The van der Waals surface area contributed by atoms with Crippen LogP contribution in [-0.2, 0) is 27.7 Å². The molecular weight excluding hydrogens is 593 g/mol. The van der Waals surface area contributed by atoms with Crippen molar-refractivity contribution in [1.29, 1.82) is 0 Å². The summed E-state index contributed by atoms with van der Waals surface area (Å²) < 4.78 is 53.4. The van der Waals surface area contributed by atoms with Gasteiger partial charge in [0, 0.05) is 64.0 Å². The van der Waals surface area contributed by atoms with Gasteiger partial charge in [-0.1, -0.05) is 0 Å². The van der Waals surface area contributed by atoms with Crippen LogP contribution in [0.3, 0.4) is 0 Å². The molecule has 0 saturated carbocycles. The summed E-state index contributed by atoms with van der Waals surface area (Å²) in [4.78, 5) is 43.6. The number of sulfonamides is 1. The van der Waals surface area contributed by atoms with Gasteiger partial charge in [0.2, 0.25) is 15.9 Å². The van der Waals surface area contributed by atoms with E-state index in [1.807, 2.05) is 19.1 Å². The number of fused-ring (bicyclic) bond motifs is 3. The number of amides is 2. The van der Waals surface area contributed by atoms with Crippen LogP contribution in [0.4, 0.5) is 10.1 Å². The number of primary amides is 1. The lowest BCUT2D eigenvalue weighted by atomic mass is 9.95. The van der Waals surface area contributed by atoms with Crippen LogP contribution in [0.1, 0.15) is 37.4 Å². The summed E-state index contributed by atoms with van der Waals surface area (Å²) in [6, 6.07) is 6.23. The molecule has 3 heterocycles. The number of hydrogen-bond acceptors (Lipinski definition) is 9. The Labute approximate surface area is 254 Å². The van der Waals surface area contributed by atoms with Crippen LogP contribution >= 0.6 is 0 Å². The number of carbonyl (C=O) groups excluding carboxylic acids is 2. The quantitative estimate of drug-likeness (QED) is 0.385. The van der Waals surface area contributed by atoms with Gasteiger partial charge in [-0.05, 0) is 50.2 Å². The molecule has 3 aromatic rings. The number of rotatable bonds is 7. The molecule has 12 nitrogen and oxygen atoms in total. The van der Waals surface area contributed by atoms with E-state index in [1.165, 1.54) is 19.0 Å². The maximum atomic E-state index is 15.7. The summed E-state index contributed by atoms with van der Waals surface area (Å²) >= 11 is 0. The van der Waals surface area contributed by atoms with Crippen LogP contribution in [0.15, 0.2) is 38.4 Å². The molecule has 1 unspecified atom stereocenters. The second-order valence-corrected chi connectivity index (χ2v) is 13.5. The van der Waals surface area contributed by atoms with Crippen molar-refractivity contribution in [2.24, 2.45) is 5.73 Å². The number of methoxy groups -OCH3 is 1. The maximum Gasteiger partial charge on any atom is 0.341 e. The van der Waals surface area contributed by atoms with Gasteiger partial charge in [0.15, 0.2) is 5.82 Å². The fourth-order valence-electron chi connectivity index (χ4n) is 6.03. The molecular formula is C30H36FN5O7S. The lowest BCUT2D eigenvalue weighted by molar-refractivity contribution is 0.0726. The van der Waals surface area contributed by atoms with Gasteiger partial charge >= 0.3 is 5.63 Å². The molecule has 2 aliphatic heterocycles. The fourth-order valence-corrected chi connectivity index (χ4v) is 7.17. The van der Waals surface area contributed by atoms with Crippen molar-refractivity contribution < 1.29 is 31.6 Å². The number of hydrogen-bond donors (Lipinski definition) is 1. The number of piperazine rings is 1. The normalized spacial score (nSPS) is 17.8. The second-order valence-electron chi connectivity index (χ2n) is 11.4. The standard InChI is InChI=1S/C30H36FN5O7S/c1-17-24(35-13-12-34(4)18(14-35)16-42-5)9-8-20-19-10-11-36(15-23(19)30(39)43-26(17)20)29(38)21-6-7-22(28(32)37)27(25(21)31)44(40,41)33(2)3/h6-9,18H,10-16H2,1-5H3,(H2,32,37). The third-order valence-electron chi connectivity index (χ3n) is 8.58. The zero-order chi connectivity index (χ0) is 32.1. The third-order valence-corrected chi connectivity index (χ3v) is 10.5. The van der Waals surface area contributed by atoms with Gasteiger partial charge in [-0.25, -0.2) is 21.9 Å². The number of anilines is 1. The third kappa shape index (κ3) is 5.36. The van der Waals surface area contributed by atoms with Gasteiger partial charge in [0.05, 0.1) is 35.9 Å². The molecule has 44 heavy (non-hydrogen) atoms. The average Bonchev–Trinajstić information content (AvgIpc) is 2.98. The highest BCUT2D eigenvalue weighted by Gasteiger charge is 2.34. The molecule has 0 spiro atoms. The molecule has 0 bridgehead atoms. The van der Waals surface area contributed by atoms with Gasteiger partial charge in [0.25, 0.3) is 5.91 Å². The number of likely N-dealkylation sites (N-methyl/N-ethyl adjacent to an activating group) is 1. The van der Waals surface area contributed by atoms with Crippen molar-refractivity contribution in [3.63, 3.8) is 0 Å². The monoisotopic (exact) mass is 629 g/mol. The number of nitrogens with zero attached hydrogens (tertiary/aromatic N) is 4. The van der Waals surface area contributed by atoms with Crippen molar-refractivity contribution in [1.82, 2.24) is 14.1 Å². The van der Waals surface area contributed by atoms with E-state index >= 15 is 4.39 Å². The Bertz CT molecular complexity index is 1820. The van der Waals surface area contributed by atoms with E-state index in [4.69, 9.17) is 14.9 Å². The van der Waals surface area contributed by atoms with Gasteiger partial charge in [-0.15, -0.1) is 0 Å². The molecule has 1 aromatic heterocycles. The molecule has 1 fully saturated rings. The second kappa shape index (κ2) is 11.9. The first kappa shape index (κ1) is 31.6. The highest BCUT2D eigenvalue weighted by atomic mass is 32.2. The number of nitrogens with two attached hydrogens (primary N) is 1. The molecule has 0 radical (unpaired) electrons. The molecule has 2 amide bonds. The summed E-state index contributed by atoms with van der Waals surface area (Å²) in [5.41, 5.74) is 6.93. The van der Waals surface area contributed by atoms with E-state index in [0.29, 0.717) is 18.6 Å². The Morgan fingerprint density at radius 1 is 1.11 bits per heavy atom. The summed E-state index contributed by atoms with van der Waals surface area (Å²) in [7, 11) is 1.64. The van der Waals surface area contributed by atoms with Crippen molar-refractivity contribution >= 4 is 38.5 Å². The topological polar surface area (TPSA) is 147 Å². The minimum absolute atomic E-state index is 0.148. The predicted octanol–water partition coefficient (Wildman–Crippen LogP) is 1.56. The first-order chi connectivity index (χ1) is 20.8. The molecule has 0 aliphatic carbocycles. The molecule has 2 aromatic carbocycles. The Balaban J connectivity index is 1.48. The Morgan fingerprint density at radius 2 is 1.82 bits per heavy atom. The summed E-state index contributed by atoms with van der Waals surface area (Å²) in [5, 5.41) is 0.770. The van der Waals surface area contributed by atoms with E-state index in [9.17, 15) is 22.8 Å². The van der Waals surface area contributed by atoms with Crippen LogP contribution in [-0.4, -0.2) is 101 Å². The van der Waals surface area contributed by atoms with E-state index < -0.39 is 49.3 Å². The summed E-state index contributed by atoms with van der Waals surface area (Å²) in [6.07, 6.45) is 0.302. The van der Waals surface area contributed by atoms with E-state index in [1.54, 1.807) is 7.11 Å². The molecule has 2 N–H and O–H groups in total. The van der Waals surface area contributed by atoms with E-state index in [0.717, 1.165) is 58.3 Å². The fraction of sp³-hybridized carbons (Fsp3) is 0.433. The number of carbonyl (C=O) groups is 2. The van der Waals surface area contributed by atoms with Gasteiger partial charge in [-0.2, -0.15) is 0 Å². The molecule has 5 rings (SSSR count). The summed E-state index contributed by atoms with van der Waals surface area (Å²) in [5.74, 6) is -3.36. The van der Waals surface area contributed by atoms with Crippen molar-refractivity contribution in [3.05, 3.63) is 68.3 Å². The van der Waals surface area contributed by atoms with Gasteiger partial charge < -0.3 is 24.7 Å². The maximum absolute atomic E-state index is 15.7. The Kier molecular flexibility index (Phi) is 8.55. The predicted molar refractivity (Wildman–Crippen MR) is 162 cm³/mol. The first-order valence-electron chi connectivity index (χ1n) is 14.1. The summed E-state index contributed by atoms with van der Waals surface area (Å²) in [6.45, 7) is 4.95. The number of benzene rings is 2.